The summed E-state index contributed by atoms with van der Waals surface area (Å²) in [5.41, 5.74) is -0.128. The van der Waals surface area contributed by atoms with Crippen molar-refractivity contribution in [2.45, 2.75) is 33.6 Å². The summed E-state index contributed by atoms with van der Waals surface area (Å²) in [4.78, 5) is 11.4. The summed E-state index contributed by atoms with van der Waals surface area (Å²) in [7, 11) is 1.87. The average molecular weight is 157 g/mol. The molecule has 0 bridgehead atoms. The highest BCUT2D eigenvalue weighted by Gasteiger charge is 2.23. The average Bonchev–Trinajstić information content (AvgIpc) is 2.00. The molecular formula is C9H19NO. The first-order valence-corrected chi connectivity index (χ1v) is 4.22. The summed E-state index contributed by atoms with van der Waals surface area (Å²) in [6.07, 6.45) is 1.58. The van der Waals surface area contributed by atoms with E-state index in [1.54, 1.807) is 0 Å². The maximum atomic E-state index is 11.4. The Morgan fingerprint density at radius 2 is 2.00 bits per heavy atom. The summed E-state index contributed by atoms with van der Waals surface area (Å²) in [5.74, 6) is 0.356. The zero-order valence-corrected chi connectivity index (χ0v) is 8.03. The summed E-state index contributed by atoms with van der Waals surface area (Å²) >= 11 is 0. The highest BCUT2D eigenvalue weighted by molar-refractivity contribution is 5.84. The molecule has 11 heavy (non-hydrogen) atoms. The van der Waals surface area contributed by atoms with Gasteiger partial charge in [0.05, 0.1) is 0 Å². The lowest BCUT2D eigenvalue weighted by molar-refractivity contribution is -0.127. The van der Waals surface area contributed by atoms with Crippen LogP contribution in [0.15, 0.2) is 0 Å². The molecule has 1 N–H and O–H groups in total. The summed E-state index contributed by atoms with van der Waals surface area (Å²) in [6, 6.07) is 0. The largest absolute Gasteiger partial charge is 0.319 e. The third kappa shape index (κ3) is 3.51. The molecule has 0 radical (unpaired) electrons. The van der Waals surface area contributed by atoms with E-state index in [2.05, 4.69) is 12.2 Å². The highest BCUT2D eigenvalue weighted by Crippen LogP contribution is 2.21. The van der Waals surface area contributed by atoms with Gasteiger partial charge in [-0.25, -0.2) is 0 Å². The first-order chi connectivity index (χ1) is 5.04. The molecule has 0 aliphatic heterocycles. The van der Waals surface area contributed by atoms with Gasteiger partial charge >= 0.3 is 0 Å². The highest BCUT2D eigenvalue weighted by atomic mass is 16.1. The van der Waals surface area contributed by atoms with Crippen LogP contribution < -0.4 is 5.32 Å². The Hall–Kier alpha value is -0.370. The second kappa shape index (κ2) is 4.50. The van der Waals surface area contributed by atoms with Crippen LogP contribution in [-0.2, 0) is 4.79 Å². The minimum atomic E-state index is -0.128. The van der Waals surface area contributed by atoms with Crippen LogP contribution in [-0.4, -0.2) is 19.4 Å². The number of nitrogens with one attached hydrogen (secondary N) is 1. The fourth-order valence-electron chi connectivity index (χ4n) is 0.774. The molecule has 0 saturated carbocycles. The monoisotopic (exact) mass is 157 g/mol. The molecule has 0 saturated heterocycles. The molecule has 2 nitrogen and oxygen atoms in total. The maximum absolute atomic E-state index is 11.4. The van der Waals surface area contributed by atoms with Crippen molar-refractivity contribution >= 4 is 5.78 Å². The topological polar surface area (TPSA) is 29.1 Å². The van der Waals surface area contributed by atoms with E-state index in [1.165, 1.54) is 0 Å². The number of rotatable bonds is 5. The van der Waals surface area contributed by atoms with E-state index in [0.717, 1.165) is 13.0 Å². The first kappa shape index (κ1) is 10.6. The van der Waals surface area contributed by atoms with Gasteiger partial charge in [-0.05, 0) is 13.5 Å². The molecule has 0 rings (SSSR count). The molecule has 0 spiro atoms. The number of hydrogen-bond acceptors (Lipinski definition) is 2. The molecule has 0 aromatic heterocycles. The summed E-state index contributed by atoms with van der Waals surface area (Å²) in [6.45, 7) is 6.86. The Bertz CT molecular complexity index is 130. The third-order valence-corrected chi connectivity index (χ3v) is 2.24. The molecule has 0 unspecified atom stereocenters. The van der Waals surface area contributed by atoms with Crippen LogP contribution >= 0.6 is 0 Å². The molecule has 0 aliphatic rings. The Morgan fingerprint density at radius 3 is 2.36 bits per heavy atom. The predicted molar refractivity (Wildman–Crippen MR) is 47.6 cm³/mol. The Morgan fingerprint density at radius 1 is 1.45 bits per heavy atom. The smallest absolute Gasteiger partial charge is 0.139 e. The molecule has 0 amide bonds. The molecule has 0 atom stereocenters. The van der Waals surface area contributed by atoms with E-state index in [9.17, 15) is 4.79 Å². The second-order valence-corrected chi connectivity index (χ2v) is 3.51. The van der Waals surface area contributed by atoms with Crippen molar-refractivity contribution < 1.29 is 4.79 Å². The van der Waals surface area contributed by atoms with Crippen LogP contribution in [0.3, 0.4) is 0 Å². The first-order valence-electron chi connectivity index (χ1n) is 4.22. The van der Waals surface area contributed by atoms with Crippen LogP contribution in [0.4, 0.5) is 0 Å². The molecule has 0 fully saturated rings. The van der Waals surface area contributed by atoms with Gasteiger partial charge in [0.2, 0.25) is 0 Å². The van der Waals surface area contributed by atoms with E-state index in [-0.39, 0.29) is 5.41 Å². The molecule has 2 heteroatoms. The number of Topliss-reactive ketones (excluding diaryl/α,β-unsaturated/α-hetero) is 1. The van der Waals surface area contributed by atoms with Crippen molar-refractivity contribution in [1.82, 2.24) is 5.32 Å². The van der Waals surface area contributed by atoms with E-state index in [4.69, 9.17) is 0 Å². The molecule has 0 heterocycles. The maximum Gasteiger partial charge on any atom is 0.139 e. The quantitative estimate of drug-likeness (QED) is 0.656. The number of ketones is 1. The van der Waals surface area contributed by atoms with Crippen molar-refractivity contribution in [3.8, 4) is 0 Å². The van der Waals surface area contributed by atoms with Gasteiger partial charge in [0.1, 0.15) is 5.78 Å². The zero-order valence-electron chi connectivity index (χ0n) is 8.03. The lowest BCUT2D eigenvalue weighted by atomic mass is 9.84. The Labute approximate surface area is 69.4 Å². The fourth-order valence-corrected chi connectivity index (χ4v) is 0.774. The van der Waals surface area contributed by atoms with Gasteiger partial charge in [-0.3, -0.25) is 4.79 Å². The minimum Gasteiger partial charge on any atom is -0.319 e. The number of carbonyl (C=O) groups is 1. The van der Waals surface area contributed by atoms with E-state index >= 15 is 0 Å². The van der Waals surface area contributed by atoms with Crippen LogP contribution in [0.25, 0.3) is 0 Å². The number of carbonyl (C=O) groups excluding carboxylic acids is 1. The van der Waals surface area contributed by atoms with E-state index in [1.807, 2.05) is 20.9 Å². The lowest BCUT2D eigenvalue weighted by Crippen LogP contribution is -2.26. The van der Waals surface area contributed by atoms with Crippen molar-refractivity contribution in [3.63, 3.8) is 0 Å². The second-order valence-electron chi connectivity index (χ2n) is 3.51. The minimum absolute atomic E-state index is 0.128. The van der Waals surface area contributed by atoms with Gasteiger partial charge in [0.25, 0.3) is 0 Å². The van der Waals surface area contributed by atoms with Crippen LogP contribution in [0, 0.1) is 5.41 Å². The lowest BCUT2D eigenvalue weighted by Gasteiger charge is -2.20. The summed E-state index contributed by atoms with van der Waals surface area (Å²) < 4.78 is 0. The standard InChI is InChI=1S/C9H19NO/c1-5-9(2,3)8(11)6-7-10-4/h10H,5-7H2,1-4H3. The molecular weight excluding hydrogens is 138 g/mol. The van der Waals surface area contributed by atoms with Gasteiger partial charge in [-0.1, -0.05) is 20.8 Å². The number of hydrogen-bond donors (Lipinski definition) is 1. The van der Waals surface area contributed by atoms with Gasteiger partial charge in [0.15, 0.2) is 0 Å². The van der Waals surface area contributed by atoms with E-state index < -0.39 is 0 Å². The van der Waals surface area contributed by atoms with Crippen LogP contribution in [0.5, 0.6) is 0 Å². The van der Waals surface area contributed by atoms with Crippen LogP contribution in [0.1, 0.15) is 33.6 Å². The van der Waals surface area contributed by atoms with Crippen molar-refractivity contribution in [2.24, 2.45) is 5.41 Å². The van der Waals surface area contributed by atoms with Crippen molar-refractivity contribution in [1.29, 1.82) is 0 Å². The van der Waals surface area contributed by atoms with Crippen molar-refractivity contribution in [2.75, 3.05) is 13.6 Å². The Balaban J connectivity index is 3.82. The predicted octanol–water partition coefficient (Wildman–Crippen LogP) is 1.60. The van der Waals surface area contributed by atoms with Gasteiger partial charge in [-0.2, -0.15) is 0 Å². The van der Waals surface area contributed by atoms with Gasteiger partial charge in [-0.15, -0.1) is 0 Å². The molecule has 0 aromatic rings. The van der Waals surface area contributed by atoms with Gasteiger partial charge < -0.3 is 5.32 Å². The normalized spacial score (nSPS) is 11.6. The third-order valence-electron chi connectivity index (χ3n) is 2.24. The zero-order chi connectivity index (χ0) is 8.91. The molecule has 0 aromatic carbocycles. The van der Waals surface area contributed by atoms with Crippen LogP contribution in [0.2, 0.25) is 0 Å². The molecule has 0 aliphatic carbocycles. The Kier molecular flexibility index (Phi) is 4.34. The van der Waals surface area contributed by atoms with E-state index in [0.29, 0.717) is 12.2 Å². The van der Waals surface area contributed by atoms with Crippen molar-refractivity contribution in [3.05, 3.63) is 0 Å². The van der Waals surface area contributed by atoms with Gasteiger partial charge in [0, 0.05) is 18.4 Å². The fraction of sp³-hybridized carbons (Fsp3) is 0.889. The molecule has 66 valence electrons. The summed E-state index contributed by atoms with van der Waals surface area (Å²) in [5, 5.41) is 2.97. The SMILES string of the molecule is CCC(C)(C)C(=O)CCNC.